The third-order valence-electron chi connectivity index (χ3n) is 4.84. The molecule has 6 heteroatoms. The van der Waals surface area contributed by atoms with Crippen LogP contribution in [0.3, 0.4) is 0 Å². The van der Waals surface area contributed by atoms with E-state index in [1.807, 2.05) is 25.7 Å². The summed E-state index contributed by atoms with van der Waals surface area (Å²) in [6, 6.07) is 0.168. The standard InChI is InChI=1S/C16H25N3O3/c1-5-16(3,4)15(22)18-8-6-12(7-9-18)19-11(2)13(10-17-19)14(20)21/h10,12H,5-9H2,1-4H3,(H,20,21). The number of carboxylic acids is 1. The first-order valence-electron chi connectivity index (χ1n) is 7.84. The maximum Gasteiger partial charge on any atom is 0.339 e. The minimum atomic E-state index is -0.943. The van der Waals surface area contributed by atoms with Gasteiger partial charge in [0.1, 0.15) is 5.56 Å². The van der Waals surface area contributed by atoms with E-state index in [1.54, 1.807) is 11.6 Å². The number of carbonyl (C=O) groups is 2. The smallest absolute Gasteiger partial charge is 0.339 e. The van der Waals surface area contributed by atoms with Gasteiger partial charge in [0.25, 0.3) is 0 Å². The molecule has 1 aliphatic heterocycles. The van der Waals surface area contributed by atoms with Crippen LogP contribution in [0, 0.1) is 12.3 Å². The highest BCUT2D eigenvalue weighted by Gasteiger charge is 2.33. The molecular weight excluding hydrogens is 282 g/mol. The molecule has 0 aromatic carbocycles. The second-order valence-corrected chi connectivity index (χ2v) is 6.65. The predicted molar refractivity (Wildman–Crippen MR) is 82.8 cm³/mol. The molecule has 6 nitrogen and oxygen atoms in total. The minimum absolute atomic E-state index is 0.168. The topological polar surface area (TPSA) is 75.4 Å². The van der Waals surface area contributed by atoms with Crippen molar-refractivity contribution in [2.75, 3.05) is 13.1 Å². The van der Waals surface area contributed by atoms with Gasteiger partial charge in [0.15, 0.2) is 0 Å². The molecule has 1 aliphatic rings. The number of nitrogens with zero attached hydrogens (tertiary/aromatic N) is 3. The zero-order valence-electron chi connectivity index (χ0n) is 13.8. The Morgan fingerprint density at radius 1 is 1.36 bits per heavy atom. The lowest BCUT2D eigenvalue weighted by atomic mass is 9.87. The van der Waals surface area contributed by atoms with Gasteiger partial charge in [-0.05, 0) is 26.2 Å². The fourth-order valence-electron chi connectivity index (χ4n) is 2.89. The first-order valence-corrected chi connectivity index (χ1v) is 7.84. The maximum atomic E-state index is 12.5. The summed E-state index contributed by atoms with van der Waals surface area (Å²) < 4.78 is 1.80. The number of rotatable bonds is 4. The van der Waals surface area contributed by atoms with Gasteiger partial charge in [-0.25, -0.2) is 4.79 Å². The van der Waals surface area contributed by atoms with Gasteiger partial charge in [0.2, 0.25) is 5.91 Å². The lowest BCUT2D eigenvalue weighted by Crippen LogP contribution is -2.45. The van der Waals surface area contributed by atoms with Gasteiger partial charge in [0, 0.05) is 18.5 Å². The number of likely N-dealkylation sites (tertiary alicyclic amines) is 1. The van der Waals surface area contributed by atoms with E-state index < -0.39 is 5.97 Å². The number of aromatic nitrogens is 2. The molecule has 0 radical (unpaired) electrons. The highest BCUT2D eigenvalue weighted by molar-refractivity contribution is 5.88. The van der Waals surface area contributed by atoms with Crippen molar-refractivity contribution in [1.29, 1.82) is 0 Å². The molecule has 0 saturated carbocycles. The Kier molecular flexibility index (Phi) is 4.58. The molecular formula is C16H25N3O3. The number of hydrogen-bond acceptors (Lipinski definition) is 3. The predicted octanol–water partition coefficient (Wildman–Crippen LogP) is 2.49. The number of carboxylic acid groups (broad SMARTS) is 1. The zero-order valence-corrected chi connectivity index (χ0v) is 13.8. The Bertz CT molecular complexity index is 569. The number of amides is 1. The van der Waals surface area contributed by atoms with Gasteiger partial charge in [-0.1, -0.05) is 20.8 Å². The summed E-state index contributed by atoms with van der Waals surface area (Å²) in [4.78, 5) is 25.5. The van der Waals surface area contributed by atoms with Gasteiger partial charge >= 0.3 is 5.97 Å². The van der Waals surface area contributed by atoms with Crippen molar-refractivity contribution < 1.29 is 14.7 Å². The van der Waals surface area contributed by atoms with Crippen LogP contribution in [0.1, 0.15) is 62.1 Å². The fourth-order valence-corrected chi connectivity index (χ4v) is 2.89. The van der Waals surface area contributed by atoms with Crippen LogP contribution in [0.2, 0.25) is 0 Å². The van der Waals surface area contributed by atoms with Crippen molar-refractivity contribution in [3.63, 3.8) is 0 Å². The summed E-state index contributed by atoms with van der Waals surface area (Å²) in [5.74, 6) is -0.738. The zero-order chi connectivity index (χ0) is 16.5. The van der Waals surface area contributed by atoms with Gasteiger partial charge in [-0.2, -0.15) is 5.10 Å². The van der Waals surface area contributed by atoms with Gasteiger partial charge in [-0.3, -0.25) is 9.48 Å². The molecule has 1 amide bonds. The van der Waals surface area contributed by atoms with Crippen LogP contribution < -0.4 is 0 Å². The van der Waals surface area contributed by atoms with E-state index in [1.165, 1.54) is 6.20 Å². The van der Waals surface area contributed by atoms with Crippen LogP contribution in [0.5, 0.6) is 0 Å². The maximum absolute atomic E-state index is 12.5. The highest BCUT2D eigenvalue weighted by Crippen LogP contribution is 2.29. The molecule has 1 aromatic rings. The number of hydrogen-bond donors (Lipinski definition) is 1. The van der Waals surface area contributed by atoms with Crippen LogP contribution in [-0.4, -0.2) is 44.8 Å². The fraction of sp³-hybridized carbons (Fsp3) is 0.688. The van der Waals surface area contributed by atoms with E-state index in [4.69, 9.17) is 5.11 Å². The van der Waals surface area contributed by atoms with E-state index >= 15 is 0 Å². The molecule has 22 heavy (non-hydrogen) atoms. The summed E-state index contributed by atoms with van der Waals surface area (Å²) in [5.41, 5.74) is 0.627. The second-order valence-electron chi connectivity index (χ2n) is 6.65. The summed E-state index contributed by atoms with van der Waals surface area (Å²) in [5, 5.41) is 13.3. The average Bonchev–Trinajstić information content (AvgIpc) is 2.88. The molecule has 2 heterocycles. The lowest BCUT2D eigenvalue weighted by molar-refractivity contribution is -0.141. The van der Waals surface area contributed by atoms with Gasteiger partial charge < -0.3 is 10.0 Å². The molecule has 0 aliphatic carbocycles. The van der Waals surface area contributed by atoms with Crippen molar-refractivity contribution in [2.45, 2.75) is 53.0 Å². The van der Waals surface area contributed by atoms with Crippen molar-refractivity contribution in [1.82, 2.24) is 14.7 Å². The molecule has 0 bridgehead atoms. The summed E-state index contributed by atoms with van der Waals surface area (Å²) in [6.07, 6.45) is 3.86. The Morgan fingerprint density at radius 2 is 1.95 bits per heavy atom. The molecule has 0 spiro atoms. The van der Waals surface area contributed by atoms with Crippen LogP contribution in [0.15, 0.2) is 6.20 Å². The Hall–Kier alpha value is -1.85. The molecule has 0 atom stereocenters. The number of carbonyl (C=O) groups excluding carboxylic acids is 1. The quantitative estimate of drug-likeness (QED) is 0.927. The van der Waals surface area contributed by atoms with E-state index in [-0.39, 0.29) is 22.9 Å². The Morgan fingerprint density at radius 3 is 2.41 bits per heavy atom. The second kappa shape index (κ2) is 6.10. The largest absolute Gasteiger partial charge is 0.478 e. The summed E-state index contributed by atoms with van der Waals surface area (Å²) in [6.45, 7) is 9.19. The molecule has 1 fully saturated rings. The first-order chi connectivity index (χ1) is 10.3. The average molecular weight is 307 g/mol. The SMILES string of the molecule is CCC(C)(C)C(=O)N1CCC(n2ncc(C(=O)O)c2C)CC1. The van der Waals surface area contributed by atoms with Crippen molar-refractivity contribution >= 4 is 11.9 Å². The van der Waals surface area contributed by atoms with E-state index in [0.717, 1.165) is 19.3 Å². The van der Waals surface area contributed by atoms with Crippen molar-refractivity contribution in [3.8, 4) is 0 Å². The molecule has 122 valence electrons. The van der Waals surface area contributed by atoms with E-state index in [2.05, 4.69) is 5.10 Å². The van der Waals surface area contributed by atoms with Crippen LogP contribution >= 0.6 is 0 Å². The molecule has 1 aromatic heterocycles. The first kappa shape index (κ1) is 16.5. The van der Waals surface area contributed by atoms with Gasteiger partial charge in [0.05, 0.1) is 17.9 Å². The van der Waals surface area contributed by atoms with Crippen LogP contribution in [0.4, 0.5) is 0 Å². The molecule has 1 saturated heterocycles. The van der Waals surface area contributed by atoms with Crippen LogP contribution in [-0.2, 0) is 4.79 Å². The summed E-state index contributed by atoms with van der Waals surface area (Å²) >= 11 is 0. The van der Waals surface area contributed by atoms with Crippen molar-refractivity contribution in [3.05, 3.63) is 17.5 Å². The number of piperidine rings is 1. The van der Waals surface area contributed by atoms with E-state index in [0.29, 0.717) is 18.8 Å². The molecule has 0 unspecified atom stereocenters. The Balaban J connectivity index is 2.04. The summed E-state index contributed by atoms with van der Waals surface area (Å²) in [7, 11) is 0. The van der Waals surface area contributed by atoms with Crippen LogP contribution in [0.25, 0.3) is 0 Å². The number of aromatic carboxylic acids is 1. The van der Waals surface area contributed by atoms with E-state index in [9.17, 15) is 9.59 Å². The monoisotopic (exact) mass is 307 g/mol. The molecule has 2 rings (SSSR count). The normalized spacial score (nSPS) is 16.8. The van der Waals surface area contributed by atoms with Gasteiger partial charge in [-0.15, -0.1) is 0 Å². The Labute approximate surface area is 131 Å². The minimum Gasteiger partial charge on any atom is -0.478 e. The lowest BCUT2D eigenvalue weighted by Gasteiger charge is -2.37. The third kappa shape index (κ3) is 3.00. The highest BCUT2D eigenvalue weighted by atomic mass is 16.4. The third-order valence-corrected chi connectivity index (χ3v) is 4.84. The molecule has 1 N–H and O–H groups in total. The van der Waals surface area contributed by atoms with Crippen molar-refractivity contribution in [2.24, 2.45) is 5.41 Å².